The van der Waals surface area contributed by atoms with Crippen molar-refractivity contribution in [2.45, 2.75) is 13.0 Å². The van der Waals surface area contributed by atoms with Crippen LogP contribution in [0.4, 0.5) is 0 Å². The number of nitrogens with one attached hydrogen (secondary N) is 1. The summed E-state index contributed by atoms with van der Waals surface area (Å²) in [6.07, 6.45) is -0.799. The number of benzene rings is 1. The second-order valence-electron chi connectivity index (χ2n) is 2.91. The van der Waals surface area contributed by atoms with Crippen LogP contribution in [-0.4, -0.2) is 31.3 Å². The standard InChI is InChI=1S/C9H10O3.C2H7N/c1-7(9(10)11)12-8-5-3-2-4-6-8;1-3-2/h2-7H,1H3,(H,10,11);3H,1-2H3. The quantitative estimate of drug-likeness (QED) is 0.793. The minimum Gasteiger partial charge on any atom is -0.479 e. The molecule has 1 aromatic carbocycles. The van der Waals surface area contributed by atoms with Gasteiger partial charge in [0.25, 0.3) is 0 Å². The van der Waals surface area contributed by atoms with Gasteiger partial charge in [0, 0.05) is 0 Å². The van der Waals surface area contributed by atoms with Crippen molar-refractivity contribution in [3.63, 3.8) is 0 Å². The molecule has 1 atom stereocenters. The summed E-state index contributed by atoms with van der Waals surface area (Å²) in [6, 6.07) is 8.88. The zero-order chi connectivity index (χ0) is 11.7. The fraction of sp³-hybridized carbons (Fsp3) is 0.364. The highest BCUT2D eigenvalue weighted by molar-refractivity contribution is 5.72. The van der Waals surface area contributed by atoms with Gasteiger partial charge in [0.15, 0.2) is 6.10 Å². The fourth-order valence-electron chi connectivity index (χ4n) is 0.754. The van der Waals surface area contributed by atoms with Gasteiger partial charge in [0.2, 0.25) is 0 Å². The van der Waals surface area contributed by atoms with Gasteiger partial charge >= 0.3 is 5.97 Å². The molecule has 0 aromatic heterocycles. The summed E-state index contributed by atoms with van der Waals surface area (Å²) >= 11 is 0. The predicted octanol–water partition coefficient (Wildman–Crippen LogP) is 1.37. The highest BCUT2D eigenvalue weighted by Gasteiger charge is 2.11. The Balaban J connectivity index is 0.000000583. The topological polar surface area (TPSA) is 58.6 Å². The predicted molar refractivity (Wildman–Crippen MR) is 59.2 cm³/mol. The van der Waals surface area contributed by atoms with Crippen LogP contribution in [0.2, 0.25) is 0 Å². The van der Waals surface area contributed by atoms with E-state index < -0.39 is 12.1 Å². The van der Waals surface area contributed by atoms with Crippen LogP contribution in [0.25, 0.3) is 0 Å². The van der Waals surface area contributed by atoms with E-state index in [0.717, 1.165) is 0 Å². The van der Waals surface area contributed by atoms with E-state index in [1.165, 1.54) is 6.92 Å². The highest BCUT2D eigenvalue weighted by Crippen LogP contribution is 2.10. The van der Waals surface area contributed by atoms with Gasteiger partial charge in [-0.1, -0.05) is 18.2 Å². The Labute approximate surface area is 89.9 Å². The van der Waals surface area contributed by atoms with Crippen LogP contribution < -0.4 is 10.1 Å². The molecule has 1 rings (SSSR count). The first-order valence-corrected chi connectivity index (χ1v) is 4.64. The number of ether oxygens (including phenoxy) is 1. The van der Waals surface area contributed by atoms with Gasteiger partial charge in [-0.25, -0.2) is 4.79 Å². The average molecular weight is 211 g/mol. The van der Waals surface area contributed by atoms with E-state index >= 15 is 0 Å². The van der Waals surface area contributed by atoms with Crippen LogP contribution in [0.1, 0.15) is 6.92 Å². The largest absolute Gasteiger partial charge is 0.479 e. The molecule has 0 fully saturated rings. The minimum atomic E-state index is -0.959. The van der Waals surface area contributed by atoms with Gasteiger partial charge in [-0.3, -0.25) is 0 Å². The van der Waals surface area contributed by atoms with Crippen molar-refractivity contribution < 1.29 is 14.6 Å². The summed E-state index contributed by atoms with van der Waals surface area (Å²) in [5.74, 6) is -0.383. The molecule has 4 nitrogen and oxygen atoms in total. The summed E-state index contributed by atoms with van der Waals surface area (Å²) < 4.78 is 5.08. The maximum absolute atomic E-state index is 10.4. The lowest BCUT2D eigenvalue weighted by Gasteiger charge is -2.09. The SMILES string of the molecule is CC(Oc1ccccc1)C(=O)O.CNC. The van der Waals surface area contributed by atoms with Crippen molar-refractivity contribution >= 4 is 5.97 Å². The summed E-state index contributed by atoms with van der Waals surface area (Å²) in [7, 11) is 3.75. The lowest BCUT2D eigenvalue weighted by atomic mass is 10.3. The third-order valence-corrected chi connectivity index (χ3v) is 1.40. The van der Waals surface area contributed by atoms with Crippen molar-refractivity contribution in [1.82, 2.24) is 5.32 Å². The number of aliphatic carboxylic acids is 1. The molecule has 0 bridgehead atoms. The molecule has 0 saturated carbocycles. The lowest BCUT2D eigenvalue weighted by molar-refractivity contribution is -0.144. The van der Waals surface area contributed by atoms with Crippen LogP contribution in [0.5, 0.6) is 5.75 Å². The molecule has 0 radical (unpaired) electrons. The Morgan fingerprint density at radius 1 is 1.33 bits per heavy atom. The first-order chi connectivity index (χ1) is 7.11. The van der Waals surface area contributed by atoms with Crippen molar-refractivity contribution in [2.24, 2.45) is 0 Å². The summed E-state index contributed by atoms with van der Waals surface area (Å²) in [5, 5.41) is 11.3. The maximum Gasteiger partial charge on any atom is 0.344 e. The van der Waals surface area contributed by atoms with E-state index in [0.29, 0.717) is 5.75 Å². The first-order valence-electron chi connectivity index (χ1n) is 4.64. The van der Waals surface area contributed by atoms with E-state index in [2.05, 4.69) is 5.32 Å². The molecular formula is C11H17NO3. The Morgan fingerprint density at radius 2 is 1.80 bits per heavy atom. The summed E-state index contributed by atoms with van der Waals surface area (Å²) in [5.41, 5.74) is 0. The van der Waals surface area contributed by atoms with Crippen molar-refractivity contribution in [3.05, 3.63) is 30.3 Å². The molecule has 1 unspecified atom stereocenters. The molecule has 0 heterocycles. The molecule has 0 spiro atoms. The second-order valence-corrected chi connectivity index (χ2v) is 2.91. The van der Waals surface area contributed by atoms with Crippen LogP contribution in [-0.2, 0) is 4.79 Å². The molecule has 1 aromatic rings. The summed E-state index contributed by atoms with van der Waals surface area (Å²) in [4.78, 5) is 10.4. The molecular weight excluding hydrogens is 194 g/mol. The number of hydrogen-bond donors (Lipinski definition) is 2. The van der Waals surface area contributed by atoms with E-state index in [-0.39, 0.29) is 0 Å². The lowest BCUT2D eigenvalue weighted by Crippen LogP contribution is -2.22. The van der Waals surface area contributed by atoms with Crippen molar-refractivity contribution in [3.8, 4) is 5.75 Å². The molecule has 0 amide bonds. The number of hydrogen-bond acceptors (Lipinski definition) is 3. The summed E-state index contributed by atoms with van der Waals surface area (Å²) in [6.45, 7) is 1.50. The van der Waals surface area contributed by atoms with E-state index in [9.17, 15) is 4.79 Å². The number of para-hydroxylation sites is 1. The van der Waals surface area contributed by atoms with Gasteiger partial charge in [0.05, 0.1) is 0 Å². The maximum atomic E-state index is 10.4. The molecule has 15 heavy (non-hydrogen) atoms. The van der Waals surface area contributed by atoms with Gasteiger partial charge in [0.1, 0.15) is 5.75 Å². The van der Waals surface area contributed by atoms with Crippen molar-refractivity contribution in [2.75, 3.05) is 14.1 Å². The zero-order valence-electron chi connectivity index (χ0n) is 9.23. The van der Waals surface area contributed by atoms with Crippen molar-refractivity contribution in [1.29, 1.82) is 0 Å². The van der Waals surface area contributed by atoms with Crippen LogP contribution >= 0.6 is 0 Å². The minimum absolute atomic E-state index is 0.576. The number of carboxylic acid groups (broad SMARTS) is 1. The Kier molecular flexibility index (Phi) is 7.01. The van der Waals surface area contributed by atoms with Crippen LogP contribution in [0.15, 0.2) is 30.3 Å². The molecule has 0 saturated heterocycles. The average Bonchev–Trinajstić information content (AvgIpc) is 2.20. The zero-order valence-corrected chi connectivity index (χ0v) is 9.23. The molecule has 0 aliphatic carbocycles. The molecule has 2 N–H and O–H groups in total. The molecule has 0 aliphatic heterocycles. The third-order valence-electron chi connectivity index (χ3n) is 1.40. The number of carboxylic acids is 1. The normalized spacial score (nSPS) is 10.9. The molecule has 0 aliphatic rings. The van der Waals surface area contributed by atoms with E-state index in [1.807, 2.05) is 20.2 Å². The molecule has 84 valence electrons. The Morgan fingerprint density at radius 3 is 2.20 bits per heavy atom. The van der Waals surface area contributed by atoms with Gasteiger partial charge in [-0.15, -0.1) is 0 Å². The molecule has 4 heteroatoms. The first kappa shape index (κ1) is 13.4. The number of rotatable bonds is 3. The monoisotopic (exact) mass is 211 g/mol. The van der Waals surface area contributed by atoms with Crippen LogP contribution in [0, 0.1) is 0 Å². The van der Waals surface area contributed by atoms with E-state index in [4.69, 9.17) is 9.84 Å². The van der Waals surface area contributed by atoms with Gasteiger partial charge in [-0.2, -0.15) is 0 Å². The fourth-order valence-corrected chi connectivity index (χ4v) is 0.754. The van der Waals surface area contributed by atoms with Gasteiger partial charge < -0.3 is 15.2 Å². The Bertz CT molecular complexity index is 274. The number of carbonyl (C=O) groups is 1. The van der Waals surface area contributed by atoms with Crippen LogP contribution in [0.3, 0.4) is 0 Å². The third kappa shape index (κ3) is 6.51. The van der Waals surface area contributed by atoms with E-state index in [1.54, 1.807) is 24.3 Å². The highest BCUT2D eigenvalue weighted by atomic mass is 16.5. The van der Waals surface area contributed by atoms with Gasteiger partial charge in [-0.05, 0) is 33.2 Å². The Hall–Kier alpha value is -1.55. The smallest absolute Gasteiger partial charge is 0.344 e. The second kappa shape index (κ2) is 7.82.